The Bertz CT molecular complexity index is 780. The van der Waals surface area contributed by atoms with Crippen molar-refractivity contribution in [2.45, 2.75) is 32.2 Å². The minimum Gasteiger partial charge on any atom is -0.483 e. The summed E-state index contributed by atoms with van der Waals surface area (Å²) < 4.78 is 0. The average molecular weight is 395 g/mol. The first-order valence-corrected chi connectivity index (χ1v) is 10.4. The van der Waals surface area contributed by atoms with E-state index in [0.717, 1.165) is 45.6 Å². The molecule has 2 aromatic rings. The summed E-state index contributed by atoms with van der Waals surface area (Å²) in [5.41, 5.74) is 3.90. The third-order valence-corrected chi connectivity index (χ3v) is 5.79. The van der Waals surface area contributed by atoms with E-state index < -0.39 is 0 Å². The van der Waals surface area contributed by atoms with Gasteiger partial charge in [-0.15, -0.1) is 0 Å². The number of hydrogen-bond donors (Lipinski definition) is 1. The van der Waals surface area contributed by atoms with Gasteiger partial charge in [0, 0.05) is 25.6 Å². The molecule has 5 nitrogen and oxygen atoms in total. The summed E-state index contributed by atoms with van der Waals surface area (Å²) in [6, 6.07) is 19.4. The van der Waals surface area contributed by atoms with Crippen LogP contribution in [0.3, 0.4) is 0 Å². The third-order valence-electron chi connectivity index (χ3n) is 5.79. The van der Waals surface area contributed by atoms with Crippen LogP contribution in [-0.4, -0.2) is 53.5 Å². The van der Waals surface area contributed by atoms with Crippen LogP contribution in [0.2, 0.25) is 0 Å². The van der Waals surface area contributed by atoms with Crippen molar-refractivity contribution in [3.8, 4) is 11.1 Å². The number of carbonyl (C=O) groups is 2. The van der Waals surface area contributed by atoms with Gasteiger partial charge in [-0.1, -0.05) is 48.5 Å². The van der Waals surface area contributed by atoms with Crippen LogP contribution >= 0.6 is 0 Å². The van der Waals surface area contributed by atoms with Crippen molar-refractivity contribution in [2.24, 2.45) is 5.92 Å². The number of hydrogen-bond acceptors (Lipinski definition) is 3. The monoisotopic (exact) mass is 394 g/mol. The lowest BCUT2D eigenvalue weighted by Crippen LogP contribution is -2.41. The zero-order valence-corrected chi connectivity index (χ0v) is 16.9. The molecule has 0 radical (unpaired) electrons. The molecule has 2 aliphatic heterocycles. The molecule has 0 spiro atoms. The van der Waals surface area contributed by atoms with E-state index in [-0.39, 0.29) is 12.4 Å². The van der Waals surface area contributed by atoms with E-state index in [2.05, 4.69) is 64.4 Å². The van der Waals surface area contributed by atoms with Crippen molar-refractivity contribution < 1.29 is 14.7 Å². The summed E-state index contributed by atoms with van der Waals surface area (Å²) in [5.74, 6) is 0.660. The fraction of sp³-hybridized carbons (Fsp3) is 0.417. The maximum atomic E-state index is 12.6. The molecule has 0 aliphatic carbocycles. The van der Waals surface area contributed by atoms with Crippen LogP contribution in [0.5, 0.6) is 0 Å². The first-order chi connectivity index (χ1) is 14.2. The number of nitrogens with zero attached hydrogens (tertiary/aromatic N) is 2. The van der Waals surface area contributed by atoms with Crippen LogP contribution in [-0.2, 0) is 16.1 Å². The smallest absolute Gasteiger partial charge is 0.290 e. The first kappa shape index (κ1) is 21.1. The second-order valence-electron chi connectivity index (χ2n) is 7.75. The summed E-state index contributed by atoms with van der Waals surface area (Å²) in [7, 11) is 0. The predicted molar refractivity (Wildman–Crippen MR) is 114 cm³/mol. The molecule has 2 aromatic carbocycles. The van der Waals surface area contributed by atoms with E-state index in [4.69, 9.17) is 9.90 Å². The molecule has 0 aromatic heterocycles. The molecular weight excluding hydrogens is 364 g/mol. The maximum absolute atomic E-state index is 12.6. The van der Waals surface area contributed by atoms with Gasteiger partial charge in [-0.05, 0) is 61.5 Å². The molecule has 4 rings (SSSR count). The standard InChI is InChI=1S/C23H28N2O.CH2O2/c26-23(25-13-4-5-14-25)21-11-15-24(16-12-21)18-19-7-6-10-22(17-19)20-8-2-1-3-9-20;2-1-3/h1-3,6-10,17,21H,4-5,11-16,18H2;1H,(H,2,3). The minimum absolute atomic E-state index is 0.250. The van der Waals surface area contributed by atoms with E-state index in [1.165, 1.54) is 29.5 Å². The Kier molecular flexibility index (Phi) is 7.82. The van der Waals surface area contributed by atoms with E-state index in [0.29, 0.717) is 5.91 Å². The second kappa shape index (κ2) is 10.8. The van der Waals surface area contributed by atoms with Gasteiger partial charge in [-0.25, -0.2) is 0 Å². The van der Waals surface area contributed by atoms with E-state index in [1.54, 1.807) is 0 Å². The molecule has 0 atom stereocenters. The Morgan fingerprint density at radius 1 is 0.931 bits per heavy atom. The summed E-state index contributed by atoms with van der Waals surface area (Å²) in [6.07, 6.45) is 4.38. The first-order valence-electron chi connectivity index (χ1n) is 10.4. The number of benzene rings is 2. The van der Waals surface area contributed by atoms with E-state index in [1.807, 2.05) is 0 Å². The Morgan fingerprint density at radius 3 is 2.21 bits per heavy atom. The Balaban J connectivity index is 0.000000755. The fourth-order valence-electron chi connectivity index (χ4n) is 4.27. The molecule has 5 heteroatoms. The van der Waals surface area contributed by atoms with Gasteiger partial charge in [0.2, 0.25) is 5.91 Å². The normalized spacial score (nSPS) is 17.4. The molecule has 2 fully saturated rings. The van der Waals surface area contributed by atoms with Crippen LogP contribution in [0.15, 0.2) is 54.6 Å². The van der Waals surface area contributed by atoms with Gasteiger partial charge < -0.3 is 10.0 Å². The number of likely N-dealkylation sites (tertiary alicyclic amines) is 2. The largest absolute Gasteiger partial charge is 0.483 e. The lowest BCUT2D eigenvalue weighted by atomic mass is 9.94. The zero-order chi connectivity index (χ0) is 20.5. The summed E-state index contributed by atoms with van der Waals surface area (Å²) in [4.78, 5) is 25.5. The summed E-state index contributed by atoms with van der Waals surface area (Å²) in [5, 5.41) is 6.89. The van der Waals surface area contributed by atoms with Crippen LogP contribution in [0.1, 0.15) is 31.2 Å². The molecule has 2 heterocycles. The highest BCUT2D eigenvalue weighted by atomic mass is 16.3. The molecule has 1 N–H and O–H groups in total. The molecule has 29 heavy (non-hydrogen) atoms. The van der Waals surface area contributed by atoms with Gasteiger partial charge in [0.1, 0.15) is 0 Å². The summed E-state index contributed by atoms with van der Waals surface area (Å²) in [6.45, 7) is 4.74. The lowest BCUT2D eigenvalue weighted by Gasteiger charge is -2.33. The Labute approximate surface area is 172 Å². The maximum Gasteiger partial charge on any atom is 0.290 e. The topological polar surface area (TPSA) is 60.9 Å². The SMILES string of the molecule is O=C(C1CCN(Cc2cccc(-c3ccccc3)c2)CC1)N1CCCC1.O=CO. The van der Waals surface area contributed by atoms with Gasteiger partial charge in [0.05, 0.1) is 0 Å². The van der Waals surface area contributed by atoms with E-state index >= 15 is 0 Å². The highest BCUT2D eigenvalue weighted by Gasteiger charge is 2.29. The highest BCUT2D eigenvalue weighted by Crippen LogP contribution is 2.25. The van der Waals surface area contributed by atoms with Gasteiger partial charge in [-0.3, -0.25) is 14.5 Å². The van der Waals surface area contributed by atoms with Gasteiger partial charge in [0.15, 0.2) is 0 Å². The van der Waals surface area contributed by atoms with Crippen LogP contribution in [0.4, 0.5) is 0 Å². The average Bonchev–Trinajstić information content (AvgIpc) is 3.30. The van der Waals surface area contributed by atoms with Crippen molar-refractivity contribution >= 4 is 12.4 Å². The molecule has 0 unspecified atom stereocenters. The van der Waals surface area contributed by atoms with Gasteiger partial charge in [-0.2, -0.15) is 0 Å². The van der Waals surface area contributed by atoms with Crippen LogP contribution in [0, 0.1) is 5.92 Å². The van der Waals surface area contributed by atoms with Crippen LogP contribution in [0.25, 0.3) is 11.1 Å². The van der Waals surface area contributed by atoms with E-state index in [9.17, 15) is 4.79 Å². The van der Waals surface area contributed by atoms with Crippen molar-refractivity contribution in [1.82, 2.24) is 9.80 Å². The number of carbonyl (C=O) groups excluding carboxylic acids is 1. The van der Waals surface area contributed by atoms with Crippen molar-refractivity contribution in [2.75, 3.05) is 26.2 Å². The van der Waals surface area contributed by atoms with Crippen LogP contribution < -0.4 is 0 Å². The fourth-order valence-corrected chi connectivity index (χ4v) is 4.27. The molecule has 154 valence electrons. The lowest BCUT2D eigenvalue weighted by molar-refractivity contribution is -0.136. The second-order valence-corrected chi connectivity index (χ2v) is 7.75. The van der Waals surface area contributed by atoms with Crippen molar-refractivity contribution in [1.29, 1.82) is 0 Å². The number of amides is 1. The molecular formula is C24H30N2O3. The number of rotatable bonds is 4. The zero-order valence-electron chi connectivity index (χ0n) is 16.9. The molecule has 2 aliphatic rings. The number of carboxylic acid groups (broad SMARTS) is 1. The Hall–Kier alpha value is -2.66. The minimum atomic E-state index is -0.250. The molecule has 0 saturated carbocycles. The Morgan fingerprint density at radius 2 is 1.55 bits per heavy atom. The van der Waals surface area contributed by atoms with Gasteiger partial charge in [0.25, 0.3) is 6.47 Å². The highest BCUT2D eigenvalue weighted by molar-refractivity contribution is 5.79. The third kappa shape index (κ3) is 5.91. The van der Waals surface area contributed by atoms with Crippen molar-refractivity contribution in [3.05, 3.63) is 60.2 Å². The molecule has 0 bridgehead atoms. The quantitative estimate of drug-likeness (QED) is 0.800. The molecule has 1 amide bonds. The summed E-state index contributed by atoms with van der Waals surface area (Å²) >= 11 is 0. The van der Waals surface area contributed by atoms with Gasteiger partial charge >= 0.3 is 0 Å². The van der Waals surface area contributed by atoms with Crippen molar-refractivity contribution in [3.63, 3.8) is 0 Å². The molecule has 2 saturated heterocycles. The number of piperidine rings is 1. The predicted octanol–water partition coefficient (Wildman–Crippen LogP) is 3.89.